The van der Waals surface area contributed by atoms with Gasteiger partial charge in [0.1, 0.15) is 0 Å². The van der Waals surface area contributed by atoms with Gasteiger partial charge >= 0.3 is 0 Å². The Bertz CT molecular complexity index is 266. The first-order valence-electron chi connectivity index (χ1n) is 3.89. The van der Waals surface area contributed by atoms with Crippen LogP contribution in [0.3, 0.4) is 0 Å². The summed E-state index contributed by atoms with van der Waals surface area (Å²) in [5, 5.41) is 0.757. The molecule has 0 radical (unpaired) electrons. The summed E-state index contributed by atoms with van der Waals surface area (Å²) < 4.78 is 0. The van der Waals surface area contributed by atoms with Crippen molar-refractivity contribution in [1.29, 1.82) is 0 Å². The van der Waals surface area contributed by atoms with Gasteiger partial charge in [-0.05, 0) is 29.2 Å². The highest BCUT2D eigenvalue weighted by molar-refractivity contribution is 7.80. The van der Waals surface area contributed by atoms with Crippen molar-refractivity contribution in [2.45, 2.75) is 31.1 Å². The van der Waals surface area contributed by atoms with E-state index in [0.29, 0.717) is 0 Å². The van der Waals surface area contributed by atoms with Crippen molar-refractivity contribution in [3.8, 4) is 0 Å². The molecule has 0 atom stereocenters. The maximum atomic E-state index is 5.91. The quantitative estimate of drug-likeness (QED) is 0.603. The maximum Gasteiger partial charge on any atom is 0.0419 e. The third-order valence-electron chi connectivity index (χ3n) is 1.75. The number of rotatable bonds is 0. The fourth-order valence-electron chi connectivity index (χ4n) is 1.01. The molecule has 66 valence electrons. The van der Waals surface area contributed by atoms with E-state index in [1.165, 1.54) is 5.56 Å². The highest BCUT2D eigenvalue weighted by Gasteiger charge is 2.14. The number of hydrogen-bond acceptors (Lipinski definition) is 1. The standard InChI is InChI=1S/C10H13ClS/c1-10(2,3)7-4-8(11)6-9(12)5-7/h4-6,12H,1-3H3. The molecule has 1 rings (SSSR count). The van der Waals surface area contributed by atoms with Crippen LogP contribution in [-0.2, 0) is 5.41 Å². The van der Waals surface area contributed by atoms with Gasteiger partial charge in [-0.25, -0.2) is 0 Å². The van der Waals surface area contributed by atoms with Crippen molar-refractivity contribution < 1.29 is 0 Å². The zero-order valence-corrected chi connectivity index (χ0v) is 9.21. The molecule has 0 N–H and O–H groups in total. The average molecular weight is 201 g/mol. The lowest BCUT2D eigenvalue weighted by Gasteiger charge is -2.19. The molecule has 12 heavy (non-hydrogen) atoms. The lowest BCUT2D eigenvalue weighted by Crippen LogP contribution is -2.10. The van der Waals surface area contributed by atoms with Gasteiger partial charge < -0.3 is 0 Å². The van der Waals surface area contributed by atoms with Crippen LogP contribution in [0.1, 0.15) is 26.3 Å². The molecular weight excluding hydrogens is 188 g/mol. The van der Waals surface area contributed by atoms with Gasteiger partial charge in [0.25, 0.3) is 0 Å². The van der Waals surface area contributed by atoms with Crippen LogP contribution in [0.2, 0.25) is 5.02 Å². The van der Waals surface area contributed by atoms with Crippen molar-refractivity contribution in [2.75, 3.05) is 0 Å². The van der Waals surface area contributed by atoms with Crippen LogP contribution < -0.4 is 0 Å². The van der Waals surface area contributed by atoms with Crippen LogP contribution in [0.25, 0.3) is 0 Å². The minimum absolute atomic E-state index is 0.141. The number of thiol groups is 1. The summed E-state index contributed by atoms with van der Waals surface area (Å²) >= 11 is 10.2. The average Bonchev–Trinajstić information content (AvgIpc) is 1.82. The lowest BCUT2D eigenvalue weighted by atomic mass is 9.87. The molecule has 0 aliphatic carbocycles. The second-order valence-corrected chi connectivity index (χ2v) is 4.90. The molecule has 0 nitrogen and oxygen atoms in total. The zero-order valence-electron chi connectivity index (χ0n) is 7.56. The van der Waals surface area contributed by atoms with Gasteiger partial charge in [-0.15, -0.1) is 12.6 Å². The van der Waals surface area contributed by atoms with Crippen LogP contribution in [0, 0.1) is 0 Å². The number of benzene rings is 1. The molecule has 1 aromatic rings. The lowest BCUT2D eigenvalue weighted by molar-refractivity contribution is 0.589. The minimum atomic E-state index is 0.141. The summed E-state index contributed by atoms with van der Waals surface area (Å²) in [7, 11) is 0. The van der Waals surface area contributed by atoms with E-state index in [-0.39, 0.29) is 5.41 Å². The van der Waals surface area contributed by atoms with Crippen LogP contribution in [0.15, 0.2) is 23.1 Å². The Labute approximate surface area is 84.3 Å². The van der Waals surface area contributed by atoms with Gasteiger partial charge in [0, 0.05) is 9.92 Å². The minimum Gasteiger partial charge on any atom is -0.143 e. The van der Waals surface area contributed by atoms with E-state index >= 15 is 0 Å². The molecule has 0 aromatic heterocycles. The third-order valence-corrected chi connectivity index (χ3v) is 2.22. The fourth-order valence-corrected chi connectivity index (χ4v) is 1.60. The summed E-state index contributed by atoms with van der Waals surface area (Å²) in [6.45, 7) is 6.48. The fraction of sp³-hybridized carbons (Fsp3) is 0.400. The molecule has 0 amide bonds. The predicted octanol–water partition coefficient (Wildman–Crippen LogP) is 3.93. The normalized spacial score (nSPS) is 11.8. The Balaban J connectivity index is 3.18. The van der Waals surface area contributed by atoms with Crippen molar-refractivity contribution in [2.24, 2.45) is 0 Å². The number of hydrogen-bond donors (Lipinski definition) is 1. The molecule has 0 fully saturated rings. The first-order valence-corrected chi connectivity index (χ1v) is 4.72. The zero-order chi connectivity index (χ0) is 9.35. The van der Waals surface area contributed by atoms with E-state index < -0.39 is 0 Å². The topological polar surface area (TPSA) is 0 Å². The van der Waals surface area contributed by atoms with Crippen molar-refractivity contribution in [3.05, 3.63) is 28.8 Å². The van der Waals surface area contributed by atoms with Crippen LogP contribution >= 0.6 is 24.2 Å². The van der Waals surface area contributed by atoms with Gasteiger partial charge in [0.2, 0.25) is 0 Å². The molecule has 0 bridgehead atoms. The summed E-state index contributed by atoms with van der Waals surface area (Å²) in [4.78, 5) is 0.924. The Morgan fingerprint density at radius 2 is 1.75 bits per heavy atom. The smallest absolute Gasteiger partial charge is 0.0419 e. The third kappa shape index (κ3) is 2.43. The molecule has 0 aliphatic heterocycles. The monoisotopic (exact) mass is 200 g/mol. The van der Waals surface area contributed by atoms with E-state index in [1.54, 1.807) is 0 Å². The van der Waals surface area contributed by atoms with E-state index in [4.69, 9.17) is 11.6 Å². The predicted molar refractivity (Wildman–Crippen MR) is 57.4 cm³/mol. The first-order chi connectivity index (χ1) is 5.39. The second-order valence-electron chi connectivity index (χ2n) is 3.95. The van der Waals surface area contributed by atoms with E-state index in [2.05, 4.69) is 39.5 Å². The van der Waals surface area contributed by atoms with Gasteiger partial charge in [-0.2, -0.15) is 0 Å². The van der Waals surface area contributed by atoms with Crippen LogP contribution in [-0.4, -0.2) is 0 Å². The first kappa shape index (κ1) is 9.94. The van der Waals surface area contributed by atoms with E-state index in [9.17, 15) is 0 Å². The van der Waals surface area contributed by atoms with Crippen molar-refractivity contribution in [1.82, 2.24) is 0 Å². The highest BCUT2D eigenvalue weighted by atomic mass is 35.5. The molecule has 0 spiro atoms. The molecule has 2 heteroatoms. The Morgan fingerprint density at radius 3 is 2.17 bits per heavy atom. The van der Waals surface area contributed by atoms with Gasteiger partial charge in [-0.1, -0.05) is 32.4 Å². The maximum absolute atomic E-state index is 5.91. The van der Waals surface area contributed by atoms with E-state index in [0.717, 1.165) is 9.92 Å². The van der Waals surface area contributed by atoms with Crippen molar-refractivity contribution >= 4 is 24.2 Å². The molecular formula is C10H13ClS. The molecule has 0 heterocycles. The SMILES string of the molecule is CC(C)(C)c1cc(S)cc(Cl)c1. The van der Waals surface area contributed by atoms with Gasteiger partial charge in [-0.3, -0.25) is 0 Å². The summed E-state index contributed by atoms with van der Waals surface area (Å²) in [5.41, 5.74) is 1.36. The highest BCUT2D eigenvalue weighted by Crippen LogP contribution is 2.27. The van der Waals surface area contributed by atoms with E-state index in [1.807, 2.05) is 12.1 Å². The molecule has 0 saturated carbocycles. The summed E-state index contributed by atoms with van der Waals surface area (Å²) in [5.74, 6) is 0. The molecule has 0 saturated heterocycles. The van der Waals surface area contributed by atoms with Crippen LogP contribution in [0.5, 0.6) is 0 Å². The van der Waals surface area contributed by atoms with Crippen molar-refractivity contribution in [3.63, 3.8) is 0 Å². The van der Waals surface area contributed by atoms with Crippen LogP contribution in [0.4, 0.5) is 0 Å². The molecule has 1 aromatic carbocycles. The molecule has 0 aliphatic rings. The van der Waals surface area contributed by atoms with Gasteiger partial charge in [0.05, 0.1) is 0 Å². The number of halogens is 1. The molecule has 0 unspecified atom stereocenters. The Morgan fingerprint density at radius 1 is 1.17 bits per heavy atom. The summed E-state index contributed by atoms with van der Waals surface area (Å²) in [6.07, 6.45) is 0. The Kier molecular flexibility index (Phi) is 2.74. The second kappa shape index (κ2) is 3.31. The van der Waals surface area contributed by atoms with Gasteiger partial charge in [0.15, 0.2) is 0 Å². The summed E-state index contributed by atoms with van der Waals surface area (Å²) in [6, 6.07) is 5.89. The largest absolute Gasteiger partial charge is 0.143 e. The Hall–Kier alpha value is -0.140.